The summed E-state index contributed by atoms with van der Waals surface area (Å²) < 4.78 is 61.0. The fraction of sp³-hybridized carbons (Fsp3) is 0.723. The number of allylic oxidation sites excluding steroid dienone is 20. The summed E-state index contributed by atoms with van der Waals surface area (Å²) in [5, 5.41) is 20.6. The van der Waals surface area contributed by atoms with Crippen molar-refractivity contribution in [3.05, 3.63) is 122 Å². The number of rotatable bonds is 75. The maximum Gasteiger partial charge on any atom is 0.472 e. The van der Waals surface area contributed by atoms with E-state index in [-0.39, 0.29) is 19.3 Å². The first kappa shape index (κ1) is 97.0. The Morgan fingerprint density at radius 3 is 0.871 bits per heavy atom. The molecule has 16 nitrogen and oxygen atoms in total. The van der Waals surface area contributed by atoms with E-state index >= 15 is 0 Å². The summed E-state index contributed by atoms with van der Waals surface area (Å²) >= 11 is 0. The molecule has 0 aromatic heterocycles. The van der Waals surface area contributed by atoms with Gasteiger partial charge in [0.25, 0.3) is 0 Å². The lowest BCUT2D eigenvalue weighted by atomic mass is 10.0. The number of aliphatic hydroxyl groups excluding tert-OH is 2. The normalized spacial score (nSPS) is 14.6. The number of esters is 3. The molecule has 101 heavy (non-hydrogen) atoms. The van der Waals surface area contributed by atoms with E-state index < -0.39 is 91.5 Å². The fourth-order valence-electron chi connectivity index (χ4n) is 10.6. The Morgan fingerprint density at radius 2 is 0.535 bits per heavy atom. The minimum Gasteiger partial charge on any atom is -0.463 e. The highest BCUT2D eigenvalue weighted by Gasteiger charge is 2.29. The van der Waals surface area contributed by atoms with Crippen molar-refractivity contribution in [3.63, 3.8) is 0 Å². The van der Waals surface area contributed by atoms with Gasteiger partial charge in [-0.15, -0.1) is 0 Å². The van der Waals surface area contributed by atoms with Crippen molar-refractivity contribution in [2.75, 3.05) is 39.6 Å². The van der Waals surface area contributed by atoms with Crippen LogP contribution in [0, 0.1) is 0 Å². The van der Waals surface area contributed by atoms with Gasteiger partial charge in [-0.25, -0.2) is 9.13 Å². The van der Waals surface area contributed by atoms with Gasteiger partial charge < -0.3 is 34.2 Å². The maximum absolute atomic E-state index is 12.9. The van der Waals surface area contributed by atoms with Gasteiger partial charge in [-0.1, -0.05) is 303 Å². The van der Waals surface area contributed by atoms with E-state index in [0.717, 1.165) is 154 Å². The maximum atomic E-state index is 12.9. The third-order valence-electron chi connectivity index (χ3n) is 16.6. The Bertz CT molecular complexity index is 2320. The van der Waals surface area contributed by atoms with Gasteiger partial charge in [-0.05, 0) is 128 Å². The van der Waals surface area contributed by atoms with Crippen molar-refractivity contribution in [1.82, 2.24) is 0 Å². The molecule has 0 rings (SSSR count). The van der Waals surface area contributed by atoms with Crippen LogP contribution >= 0.6 is 15.6 Å². The van der Waals surface area contributed by atoms with E-state index in [2.05, 4.69) is 142 Å². The van der Waals surface area contributed by atoms with Gasteiger partial charge >= 0.3 is 33.6 Å². The van der Waals surface area contributed by atoms with Crippen LogP contribution in [0.2, 0.25) is 0 Å². The van der Waals surface area contributed by atoms with Crippen LogP contribution in [0.3, 0.4) is 0 Å². The van der Waals surface area contributed by atoms with E-state index in [4.69, 9.17) is 32.3 Å². The minimum absolute atomic E-state index is 0.0908. The number of phosphoric ester groups is 2. The lowest BCUT2D eigenvalue weighted by molar-refractivity contribution is -0.161. The predicted molar refractivity (Wildman–Crippen MR) is 417 cm³/mol. The molecule has 5 atom stereocenters. The van der Waals surface area contributed by atoms with E-state index in [9.17, 15) is 43.5 Å². The average molecular weight is 1460 g/mol. The summed E-state index contributed by atoms with van der Waals surface area (Å²) in [6.45, 7) is 2.48. The van der Waals surface area contributed by atoms with Crippen molar-refractivity contribution in [1.29, 1.82) is 0 Å². The Balaban J connectivity index is 4.34. The van der Waals surface area contributed by atoms with Crippen LogP contribution < -0.4 is 0 Å². The highest BCUT2D eigenvalue weighted by Crippen LogP contribution is 2.45. The second kappa shape index (κ2) is 75.6. The van der Waals surface area contributed by atoms with Gasteiger partial charge in [0.05, 0.1) is 26.4 Å². The second-order valence-electron chi connectivity index (χ2n) is 26.5. The quantitative estimate of drug-likeness (QED) is 0.0146. The molecule has 18 heteroatoms. The largest absolute Gasteiger partial charge is 0.472 e. The summed E-state index contributed by atoms with van der Waals surface area (Å²) in [6, 6.07) is 0. The van der Waals surface area contributed by atoms with Gasteiger partial charge in [-0.2, -0.15) is 0 Å². The molecule has 5 unspecified atom stereocenters. The molecule has 0 heterocycles. The van der Waals surface area contributed by atoms with Crippen LogP contribution in [0.25, 0.3) is 0 Å². The van der Waals surface area contributed by atoms with Crippen LogP contribution in [-0.2, 0) is 55.8 Å². The third-order valence-corrected chi connectivity index (χ3v) is 18.5. The number of ether oxygens (including phenoxy) is 3. The summed E-state index contributed by atoms with van der Waals surface area (Å²) in [7, 11) is -9.78. The third kappa shape index (κ3) is 76.9. The zero-order chi connectivity index (χ0) is 73.7. The molecule has 0 aliphatic rings. The Labute approximate surface area is 614 Å². The number of phosphoric acid groups is 2. The van der Waals surface area contributed by atoms with E-state index in [0.29, 0.717) is 19.3 Å². The molecule has 0 spiro atoms. The molecular formula is C83H144O16P2. The zero-order valence-corrected chi connectivity index (χ0v) is 65.3. The molecule has 0 aliphatic heterocycles. The number of aliphatic hydroxyl groups is 2. The van der Waals surface area contributed by atoms with Crippen LogP contribution in [0.1, 0.15) is 329 Å². The van der Waals surface area contributed by atoms with Gasteiger partial charge in [-0.3, -0.25) is 32.5 Å². The summed E-state index contributed by atoms with van der Waals surface area (Å²) in [5.74, 6) is -1.59. The first-order chi connectivity index (χ1) is 49.2. The van der Waals surface area contributed by atoms with Crippen molar-refractivity contribution in [2.24, 2.45) is 0 Å². The smallest absolute Gasteiger partial charge is 0.463 e. The molecule has 4 N–H and O–H groups in total. The first-order valence-electron chi connectivity index (χ1n) is 39.8. The van der Waals surface area contributed by atoms with Crippen molar-refractivity contribution in [3.8, 4) is 0 Å². The molecular weight excluding hydrogens is 1310 g/mol. The van der Waals surface area contributed by atoms with Crippen molar-refractivity contribution in [2.45, 2.75) is 347 Å². The first-order valence-corrected chi connectivity index (χ1v) is 42.8. The molecule has 0 saturated heterocycles. The zero-order valence-electron chi connectivity index (χ0n) is 63.5. The van der Waals surface area contributed by atoms with E-state index in [1.165, 1.54) is 116 Å². The summed E-state index contributed by atoms with van der Waals surface area (Å²) in [5.41, 5.74) is 0. The monoisotopic (exact) mass is 1460 g/mol. The molecule has 0 aromatic carbocycles. The van der Waals surface area contributed by atoms with Gasteiger partial charge in [0.1, 0.15) is 25.4 Å². The molecule has 0 aromatic rings. The fourth-order valence-corrected chi connectivity index (χ4v) is 12.1. The summed E-state index contributed by atoms with van der Waals surface area (Å²) in [4.78, 5) is 58.5. The van der Waals surface area contributed by atoms with Crippen LogP contribution in [0.4, 0.5) is 0 Å². The molecule has 0 aliphatic carbocycles. The molecule has 0 amide bonds. The minimum atomic E-state index is -4.93. The highest BCUT2D eigenvalue weighted by molar-refractivity contribution is 7.47. The Kier molecular flexibility index (Phi) is 72.6. The molecule has 0 radical (unpaired) electrons. The highest BCUT2D eigenvalue weighted by atomic mass is 31.2. The Hall–Kier alpha value is -4.05. The van der Waals surface area contributed by atoms with Crippen molar-refractivity contribution >= 4 is 33.6 Å². The van der Waals surface area contributed by atoms with E-state index in [1.807, 2.05) is 0 Å². The standard InChI is InChI=1S/C83H144O16P2/c1-4-7-10-13-16-19-22-24-26-28-30-31-32-33-34-35-36-37-38-39-40-41-42-43-44-45-47-49-50-52-55-57-60-63-66-69-81(86)93-72-78(84)73-95-100(89,90)96-74-79(85)75-97-101(91,92)98-77-80(99-83(88)71-68-65-62-59-54-21-18-15-12-9-6-3)76-94-82(87)70-67-64-61-58-56-53-51-48-46-29-27-25-23-20-17-14-11-8-5-2/h7,10,15-20,24-27,30-31,33-34,36-37,46,48,78-80,84-85H,4-6,8-9,11-14,21-23,28-29,32,35,38-45,47,49-77H2,1-3H3,(H,89,90)(H,91,92)/b10-7-,18-15-,19-16-,20-17-,26-24-,27-25-,31-30-,34-33-,37-36-,48-46-. The number of carbonyl (C=O) groups excluding carboxylic acids is 3. The number of unbranched alkanes of at least 4 members (excludes halogenated alkanes) is 32. The average Bonchev–Trinajstić information content (AvgIpc) is 0.974. The molecule has 582 valence electrons. The predicted octanol–water partition coefficient (Wildman–Crippen LogP) is 23.3. The van der Waals surface area contributed by atoms with Crippen molar-refractivity contribution < 1.29 is 75.8 Å². The number of carbonyl (C=O) groups is 3. The van der Waals surface area contributed by atoms with Crippen LogP contribution in [-0.4, -0.2) is 95.9 Å². The second-order valence-corrected chi connectivity index (χ2v) is 29.4. The molecule has 0 saturated carbocycles. The SMILES string of the molecule is CC/C=C\C/C=C\C/C=C\C/C=C\C/C=C\C/C=C\CCCCCCCCCCCCCCCCCCC(=O)OCC(O)COP(=O)(O)OCC(O)COP(=O)(O)OCC(COC(=O)CCCCCCCC/C=C\C/C=C\C/C=C\CCCCC)OC(=O)CCCCCCC/C=C\CCCC. The van der Waals surface area contributed by atoms with Gasteiger partial charge in [0, 0.05) is 19.3 Å². The topological polar surface area (TPSA) is 231 Å². The van der Waals surface area contributed by atoms with E-state index in [1.54, 1.807) is 0 Å². The van der Waals surface area contributed by atoms with Gasteiger partial charge in [0.15, 0.2) is 6.10 Å². The molecule has 0 bridgehead atoms. The van der Waals surface area contributed by atoms with Crippen LogP contribution in [0.15, 0.2) is 122 Å². The molecule has 0 fully saturated rings. The summed E-state index contributed by atoms with van der Waals surface area (Å²) in [6.07, 6.45) is 89.9. The lowest BCUT2D eigenvalue weighted by Gasteiger charge is -2.21. The number of hydrogen-bond donors (Lipinski definition) is 4. The lowest BCUT2D eigenvalue weighted by Crippen LogP contribution is -2.30. The van der Waals surface area contributed by atoms with Crippen LogP contribution in [0.5, 0.6) is 0 Å². The number of hydrogen-bond acceptors (Lipinski definition) is 14. The Morgan fingerprint density at radius 1 is 0.287 bits per heavy atom. The van der Waals surface area contributed by atoms with Gasteiger partial charge in [0.2, 0.25) is 0 Å².